The summed E-state index contributed by atoms with van der Waals surface area (Å²) in [5.74, 6) is -1.24. The number of nitrogens with one attached hydrogen (secondary N) is 1. The lowest BCUT2D eigenvalue weighted by Crippen LogP contribution is -2.11. The lowest BCUT2D eigenvalue weighted by molar-refractivity contribution is 0.0696. The quantitative estimate of drug-likeness (QED) is 0.822. The van der Waals surface area contributed by atoms with Crippen molar-refractivity contribution in [3.63, 3.8) is 0 Å². The zero-order valence-electron chi connectivity index (χ0n) is 10.1. The highest BCUT2D eigenvalue weighted by atomic mass is 16.4. The van der Waals surface area contributed by atoms with E-state index in [0.29, 0.717) is 11.1 Å². The van der Waals surface area contributed by atoms with Crippen LogP contribution in [0.2, 0.25) is 0 Å². The van der Waals surface area contributed by atoms with E-state index < -0.39 is 11.5 Å². The second-order valence-corrected chi connectivity index (χ2v) is 4.07. The summed E-state index contributed by atoms with van der Waals surface area (Å²) < 4.78 is 0. The van der Waals surface area contributed by atoms with Crippen LogP contribution in [0.4, 0.5) is 0 Å². The second kappa shape index (κ2) is 4.89. The Morgan fingerprint density at radius 1 is 1.16 bits per heavy atom. The van der Waals surface area contributed by atoms with Gasteiger partial charge in [-0.2, -0.15) is 0 Å². The molecule has 0 saturated heterocycles. The van der Waals surface area contributed by atoms with Crippen LogP contribution in [0.15, 0.2) is 41.3 Å². The first-order chi connectivity index (χ1) is 8.99. The van der Waals surface area contributed by atoms with Gasteiger partial charge >= 0.3 is 5.97 Å². The average Bonchev–Trinajstić information content (AvgIpc) is 2.39. The molecule has 0 aliphatic carbocycles. The number of carbonyl (C=O) groups excluding carboxylic acids is 1. The van der Waals surface area contributed by atoms with Crippen molar-refractivity contribution in [2.75, 3.05) is 0 Å². The largest absolute Gasteiger partial charge is 0.478 e. The van der Waals surface area contributed by atoms with E-state index in [4.69, 9.17) is 5.11 Å². The number of hydrogen-bond donors (Lipinski definition) is 2. The fourth-order valence-corrected chi connectivity index (χ4v) is 1.73. The van der Waals surface area contributed by atoms with Crippen LogP contribution in [0.5, 0.6) is 0 Å². The van der Waals surface area contributed by atoms with Crippen LogP contribution in [0.1, 0.15) is 27.6 Å². The van der Waals surface area contributed by atoms with Crippen molar-refractivity contribution >= 4 is 11.8 Å². The Labute approximate surface area is 108 Å². The number of benzene rings is 1. The molecule has 1 heterocycles. The first-order valence-electron chi connectivity index (χ1n) is 5.56. The molecule has 1 aromatic carbocycles. The van der Waals surface area contributed by atoms with E-state index in [0.717, 1.165) is 6.20 Å². The number of rotatable bonds is 3. The Balaban J connectivity index is 2.61. The van der Waals surface area contributed by atoms with E-state index in [1.807, 2.05) is 0 Å². The van der Waals surface area contributed by atoms with Crippen molar-refractivity contribution in [2.24, 2.45) is 0 Å². The highest BCUT2D eigenvalue weighted by molar-refractivity contribution is 5.95. The van der Waals surface area contributed by atoms with E-state index in [-0.39, 0.29) is 16.9 Å². The van der Waals surface area contributed by atoms with Crippen LogP contribution in [0.3, 0.4) is 0 Å². The number of pyridine rings is 1. The number of carboxylic acid groups (broad SMARTS) is 1. The molecule has 0 aliphatic rings. The van der Waals surface area contributed by atoms with E-state index in [9.17, 15) is 14.4 Å². The summed E-state index contributed by atoms with van der Waals surface area (Å²) in [5.41, 5.74) is 0.797. The molecule has 0 fully saturated rings. The summed E-state index contributed by atoms with van der Waals surface area (Å²) in [6, 6.07) is 7.81. The van der Waals surface area contributed by atoms with Crippen molar-refractivity contribution in [1.82, 2.24) is 4.98 Å². The maximum atomic E-state index is 11.7. The number of aromatic amines is 1. The Hall–Kier alpha value is -2.69. The normalized spacial score (nSPS) is 10.2. The third-order valence-corrected chi connectivity index (χ3v) is 2.73. The lowest BCUT2D eigenvalue weighted by Gasteiger charge is -2.04. The van der Waals surface area contributed by atoms with Crippen LogP contribution in [0, 0.1) is 0 Å². The molecule has 19 heavy (non-hydrogen) atoms. The molecule has 0 atom stereocenters. The number of aromatic nitrogens is 1. The maximum Gasteiger partial charge on any atom is 0.337 e. The van der Waals surface area contributed by atoms with Crippen LogP contribution in [-0.2, 0) is 0 Å². The van der Waals surface area contributed by atoms with Crippen molar-refractivity contribution in [3.05, 3.63) is 58.0 Å². The van der Waals surface area contributed by atoms with E-state index >= 15 is 0 Å². The molecule has 0 saturated carbocycles. The van der Waals surface area contributed by atoms with Gasteiger partial charge in [0.25, 0.3) is 5.56 Å². The van der Waals surface area contributed by atoms with Gasteiger partial charge in [0.15, 0.2) is 5.78 Å². The fraction of sp³-hybridized carbons (Fsp3) is 0.0714. The molecule has 0 spiro atoms. The maximum absolute atomic E-state index is 11.7. The molecule has 2 aromatic rings. The number of H-pyrrole nitrogens is 1. The van der Waals surface area contributed by atoms with E-state index in [1.165, 1.54) is 13.0 Å². The molecular weight excluding hydrogens is 246 g/mol. The van der Waals surface area contributed by atoms with Gasteiger partial charge in [0.2, 0.25) is 0 Å². The Morgan fingerprint density at radius 2 is 1.89 bits per heavy atom. The second-order valence-electron chi connectivity index (χ2n) is 4.07. The van der Waals surface area contributed by atoms with Gasteiger partial charge in [-0.1, -0.05) is 18.2 Å². The first kappa shape index (κ1) is 12.8. The monoisotopic (exact) mass is 257 g/mol. The van der Waals surface area contributed by atoms with E-state index in [1.54, 1.807) is 24.3 Å². The molecule has 2 rings (SSSR count). The average molecular weight is 257 g/mol. The topological polar surface area (TPSA) is 87.2 Å². The van der Waals surface area contributed by atoms with Crippen molar-refractivity contribution < 1.29 is 14.7 Å². The van der Waals surface area contributed by atoms with Crippen LogP contribution in [-0.4, -0.2) is 21.8 Å². The fourth-order valence-electron chi connectivity index (χ4n) is 1.73. The summed E-state index contributed by atoms with van der Waals surface area (Å²) >= 11 is 0. The van der Waals surface area contributed by atoms with Gasteiger partial charge in [-0.05, 0) is 24.6 Å². The highest BCUT2D eigenvalue weighted by Crippen LogP contribution is 2.18. The molecule has 96 valence electrons. The summed E-state index contributed by atoms with van der Waals surface area (Å²) in [4.78, 5) is 36.3. The van der Waals surface area contributed by atoms with Crippen molar-refractivity contribution in [2.45, 2.75) is 6.92 Å². The van der Waals surface area contributed by atoms with Gasteiger partial charge in [0.1, 0.15) is 0 Å². The minimum Gasteiger partial charge on any atom is -0.478 e. The minimum atomic E-state index is -1.12. The number of Topliss-reactive ketones (excluding diaryl/α,β-unsaturated/α-hetero) is 1. The standard InChI is InChI=1S/C14H11NO4/c1-8(16)9-3-2-4-10(5-9)12-6-11(14(18)19)7-15-13(12)17/h2-7H,1H3,(H,15,17)(H,18,19). The molecule has 0 amide bonds. The van der Waals surface area contributed by atoms with Crippen LogP contribution < -0.4 is 5.56 Å². The Bertz CT molecular complexity index is 715. The first-order valence-corrected chi connectivity index (χ1v) is 5.56. The van der Waals surface area contributed by atoms with Gasteiger partial charge in [-0.15, -0.1) is 0 Å². The number of carboxylic acids is 1. The van der Waals surface area contributed by atoms with Gasteiger partial charge in [-0.3, -0.25) is 9.59 Å². The summed E-state index contributed by atoms with van der Waals surface area (Å²) in [5, 5.41) is 8.91. The third kappa shape index (κ3) is 2.60. The molecule has 5 nitrogen and oxygen atoms in total. The smallest absolute Gasteiger partial charge is 0.337 e. The summed E-state index contributed by atoms with van der Waals surface area (Å²) in [6.45, 7) is 1.43. The summed E-state index contributed by atoms with van der Waals surface area (Å²) in [6.07, 6.45) is 1.14. The number of carbonyl (C=O) groups is 2. The predicted molar refractivity (Wildman–Crippen MR) is 69.5 cm³/mol. The van der Waals surface area contributed by atoms with Crippen LogP contribution >= 0.6 is 0 Å². The number of aromatic carboxylic acids is 1. The van der Waals surface area contributed by atoms with Gasteiger partial charge in [0.05, 0.1) is 5.56 Å². The van der Waals surface area contributed by atoms with Gasteiger partial charge in [-0.25, -0.2) is 4.79 Å². The molecule has 0 aliphatic heterocycles. The molecular formula is C14H11NO4. The van der Waals surface area contributed by atoms with Crippen molar-refractivity contribution in [1.29, 1.82) is 0 Å². The summed E-state index contributed by atoms with van der Waals surface area (Å²) in [7, 11) is 0. The molecule has 0 unspecified atom stereocenters. The zero-order chi connectivity index (χ0) is 14.0. The molecule has 0 bridgehead atoms. The predicted octanol–water partition coefficient (Wildman–Crippen LogP) is 1.94. The number of ketones is 1. The van der Waals surface area contributed by atoms with Crippen LogP contribution in [0.25, 0.3) is 11.1 Å². The van der Waals surface area contributed by atoms with Gasteiger partial charge in [0, 0.05) is 17.3 Å². The Morgan fingerprint density at radius 3 is 2.53 bits per heavy atom. The molecule has 1 aromatic heterocycles. The highest BCUT2D eigenvalue weighted by Gasteiger charge is 2.10. The van der Waals surface area contributed by atoms with Crippen molar-refractivity contribution in [3.8, 4) is 11.1 Å². The Kier molecular flexibility index (Phi) is 3.29. The molecule has 5 heteroatoms. The number of hydrogen-bond acceptors (Lipinski definition) is 3. The zero-order valence-corrected chi connectivity index (χ0v) is 10.1. The third-order valence-electron chi connectivity index (χ3n) is 2.73. The van der Waals surface area contributed by atoms with E-state index in [2.05, 4.69) is 4.98 Å². The SMILES string of the molecule is CC(=O)c1cccc(-c2cc(C(=O)O)c[nH]c2=O)c1. The lowest BCUT2D eigenvalue weighted by atomic mass is 10.0. The molecule has 0 radical (unpaired) electrons. The van der Waals surface area contributed by atoms with Gasteiger partial charge < -0.3 is 10.1 Å². The minimum absolute atomic E-state index is 0.0113. The molecule has 2 N–H and O–H groups in total.